The Morgan fingerprint density at radius 1 is 0.963 bits per heavy atom. The van der Waals surface area contributed by atoms with E-state index in [4.69, 9.17) is 14.2 Å². The van der Waals surface area contributed by atoms with Gasteiger partial charge in [-0.3, -0.25) is 0 Å². The lowest BCUT2D eigenvalue weighted by atomic mass is 10.1. The molecular formula is C21H23BrO5. The summed E-state index contributed by atoms with van der Waals surface area (Å²) in [6, 6.07) is 11.8. The van der Waals surface area contributed by atoms with Crippen molar-refractivity contribution in [2.45, 2.75) is 38.6 Å². The summed E-state index contributed by atoms with van der Waals surface area (Å²) in [6.45, 7) is 7.54. The third-order valence-electron chi connectivity index (χ3n) is 3.44. The van der Waals surface area contributed by atoms with E-state index in [1.54, 1.807) is 43.3 Å². The first-order valence-electron chi connectivity index (χ1n) is 8.60. The number of carbonyl (C=O) groups is 2. The maximum absolute atomic E-state index is 12.3. The summed E-state index contributed by atoms with van der Waals surface area (Å²) < 4.78 is 16.3. The Labute approximate surface area is 167 Å². The molecule has 0 aliphatic carbocycles. The van der Waals surface area contributed by atoms with Crippen molar-refractivity contribution in [1.29, 1.82) is 0 Å². The molecule has 0 unspecified atom stereocenters. The van der Waals surface area contributed by atoms with E-state index in [-0.39, 0.29) is 5.97 Å². The van der Waals surface area contributed by atoms with E-state index >= 15 is 0 Å². The first-order valence-corrected chi connectivity index (χ1v) is 9.73. The minimum absolute atomic E-state index is 0.323. The zero-order valence-electron chi connectivity index (χ0n) is 15.9. The predicted octanol–water partition coefficient (Wildman–Crippen LogP) is 5.51. The number of carbonyl (C=O) groups excluding carboxylic acids is 2. The van der Waals surface area contributed by atoms with Crippen molar-refractivity contribution >= 4 is 27.9 Å². The number of esters is 2. The molecule has 0 aromatic heterocycles. The van der Waals surface area contributed by atoms with E-state index in [1.807, 2.05) is 26.8 Å². The maximum Gasteiger partial charge on any atom is 0.338 e. The molecule has 0 aliphatic rings. The van der Waals surface area contributed by atoms with E-state index in [0.29, 0.717) is 34.6 Å². The molecule has 2 aromatic rings. The lowest BCUT2D eigenvalue weighted by Crippen LogP contribution is -2.23. The topological polar surface area (TPSA) is 61.8 Å². The molecule has 0 heterocycles. The molecule has 0 amide bonds. The highest BCUT2D eigenvalue weighted by Crippen LogP contribution is 2.29. The van der Waals surface area contributed by atoms with E-state index in [9.17, 15) is 9.59 Å². The number of alkyl halides is 1. The smallest absolute Gasteiger partial charge is 0.338 e. The third kappa shape index (κ3) is 6.10. The average Bonchev–Trinajstić information content (AvgIpc) is 2.61. The van der Waals surface area contributed by atoms with E-state index in [1.165, 1.54) is 0 Å². The summed E-state index contributed by atoms with van der Waals surface area (Å²) in [6.07, 6.45) is 0. The van der Waals surface area contributed by atoms with Gasteiger partial charge in [0.25, 0.3) is 0 Å². The fourth-order valence-corrected chi connectivity index (χ4v) is 2.69. The second-order valence-corrected chi connectivity index (χ2v) is 7.37. The predicted molar refractivity (Wildman–Crippen MR) is 107 cm³/mol. The standard InChI is InChI=1S/C21H23BrO5/c1-5-25-19(23)14-8-10-17(11-9-14)26-18-12-15(6-7-16(18)13-22)20(24)27-21(2,3)4/h6-12H,5,13H2,1-4H3. The Balaban J connectivity index is 2.23. The van der Waals surface area contributed by atoms with Crippen LogP contribution in [0.15, 0.2) is 42.5 Å². The average molecular weight is 435 g/mol. The van der Waals surface area contributed by atoms with Crippen LogP contribution in [0.1, 0.15) is 54.0 Å². The van der Waals surface area contributed by atoms with Gasteiger partial charge in [-0.05, 0) is 64.1 Å². The SMILES string of the molecule is CCOC(=O)c1ccc(Oc2cc(C(=O)OC(C)(C)C)ccc2CBr)cc1. The monoisotopic (exact) mass is 434 g/mol. The molecule has 0 N–H and O–H groups in total. The summed E-state index contributed by atoms with van der Waals surface area (Å²) in [5, 5.41) is 0.567. The van der Waals surface area contributed by atoms with Crippen molar-refractivity contribution in [2.24, 2.45) is 0 Å². The molecule has 6 heteroatoms. The highest BCUT2D eigenvalue weighted by Gasteiger charge is 2.19. The van der Waals surface area contributed by atoms with Gasteiger partial charge in [0.15, 0.2) is 0 Å². The van der Waals surface area contributed by atoms with Gasteiger partial charge in [0, 0.05) is 10.9 Å². The van der Waals surface area contributed by atoms with Crippen LogP contribution >= 0.6 is 15.9 Å². The molecular weight excluding hydrogens is 412 g/mol. The van der Waals surface area contributed by atoms with Crippen LogP contribution in [0.2, 0.25) is 0 Å². The summed E-state index contributed by atoms with van der Waals surface area (Å²) in [5.74, 6) is 0.300. The molecule has 2 aromatic carbocycles. The van der Waals surface area contributed by atoms with E-state index < -0.39 is 11.6 Å². The van der Waals surface area contributed by atoms with E-state index in [2.05, 4.69) is 15.9 Å². The maximum atomic E-state index is 12.3. The van der Waals surface area contributed by atoms with Crippen LogP contribution in [-0.2, 0) is 14.8 Å². The molecule has 27 heavy (non-hydrogen) atoms. The molecule has 0 aliphatic heterocycles. The second-order valence-electron chi connectivity index (χ2n) is 6.80. The number of hydrogen-bond acceptors (Lipinski definition) is 5. The van der Waals surface area contributed by atoms with Gasteiger partial charge in [0.05, 0.1) is 17.7 Å². The van der Waals surface area contributed by atoms with Crippen LogP contribution in [0.5, 0.6) is 11.5 Å². The Hall–Kier alpha value is -2.34. The molecule has 5 nitrogen and oxygen atoms in total. The van der Waals surface area contributed by atoms with Crippen LogP contribution < -0.4 is 4.74 Å². The highest BCUT2D eigenvalue weighted by atomic mass is 79.9. The molecule has 0 fully saturated rings. The van der Waals surface area contributed by atoms with Gasteiger partial charge in [-0.25, -0.2) is 9.59 Å². The van der Waals surface area contributed by atoms with Crippen molar-refractivity contribution in [2.75, 3.05) is 6.61 Å². The van der Waals surface area contributed by atoms with E-state index in [0.717, 1.165) is 5.56 Å². The van der Waals surface area contributed by atoms with Crippen molar-refractivity contribution in [3.05, 3.63) is 59.2 Å². The second kappa shape index (κ2) is 9.04. The molecule has 0 saturated carbocycles. The molecule has 0 radical (unpaired) electrons. The molecule has 0 atom stereocenters. The molecule has 2 rings (SSSR count). The Kier molecular flexibility index (Phi) is 7.02. The van der Waals surface area contributed by atoms with Crippen LogP contribution in [0.25, 0.3) is 0 Å². The number of halogens is 1. The molecule has 144 valence electrons. The van der Waals surface area contributed by atoms with Crippen LogP contribution in [0.3, 0.4) is 0 Å². The van der Waals surface area contributed by atoms with Crippen molar-refractivity contribution < 1.29 is 23.8 Å². The number of ether oxygens (including phenoxy) is 3. The molecule has 0 spiro atoms. The number of hydrogen-bond donors (Lipinski definition) is 0. The van der Waals surface area contributed by atoms with Crippen LogP contribution in [0.4, 0.5) is 0 Å². The molecule has 0 saturated heterocycles. The zero-order valence-corrected chi connectivity index (χ0v) is 17.5. The Morgan fingerprint density at radius 2 is 1.59 bits per heavy atom. The normalized spacial score (nSPS) is 11.0. The highest BCUT2D eigenvalue weighted by molar-refractivity contribution is 9.08. The van der Waals surface area contributed by atoms with Crippen molar-refractivity contribution in [3.8, 4) is 11.5 Å². The Morgan fingerprint density at radius 3 is 2.15 bits per heavy atom. The summed E-state index contributed by atoms with van der Waals surface area (Å²) in [4.78, 5) is 24.0. The van der Waals surface area contributed by atoms with Crippen LogP contribution in [0, 0.1) is 0 Å². The van der Waals surface area contributed by atoms with Gasteiger partial charge < -0.3 is 14.2 Å². The number of benzene rings is 2. The lowest BCUT2D eigenvalue weighted by molar-refractivity contribution is 0.00689. The van der Waals surface area contributed by atoms with Gasteiger partial charge >= 0.3 is 11.9 Å². The van der Waals surface area contributed by atoms with Gasteiger partial charge in [-0.1, -0.05) is 22.0 Å². The minimum atomic E-state index is -0.574. The van der Waals surface area contributed by atoms with Gasteiger partial charge in [-0.2, -0.15) is 0 Å². The van der Waals surface area contributed by atoms with Crippen molar-refractivity contribution in [3.63, 3.8) is 0 Å². The minimum Gasteiger partial charge on any atom is -0.462 e. The third-order valence-corrected chi connectivity index (χ3v) is 4.04. The van der Waals surface area contributed by atoms with Crippen LogP contribution in [-0.4, -0.2) is 24.1 Å². The first-order chi connectivity index (χ1) is 12.7. The molecule has 0 bridgehead atoms. The largest absolute Gasteiger partial charge is 0.462 e. The van der Waals surface area contributed by atoms with Crippen molar-refractivity contribution in [1.82, 2.24) is 0 Å². The first kappa shape index (κ1) is 21.0. The van der Waals surface area contributed by atoms with Gasteiger partial charge in [-0.15, -0.1) is 0 Å². The van der Waals surface area contributed by atoms with Gasteiger partial charge in [0.2, 0.25) is 0 Å². The quantitative estimate of drug-likeness (QED) is 0.443. The summed E-state index contributed by atoms with van der Waals surface area (Å²) in [5.41, 5.74) is 1.17. The fraction of sp³-hybridized carbons (Fsp3) is 0.333. The fourth-order valence-electron chi connectivity index (χ4n) is 2.22. The lowest BCUT2D eigenvalue weighted by Gasteiger charge is -2.20. The zero-order chi connectivity index (χ0) is 20.0. The number of rotatable bonds is 6. The Bertz CT molecular complexity index is 806. The summed E-state index contributed by atoms with van der Waals surface area (Å²) >= 11 is 3.42. The van der Waals surface area contributed by atoms with Gasteiger partial charge in [0.1, 0.15) is 17.1 Å². The summed E-state index contributed by atoms with van der Waals surface area (Å²) in [7, 11) is 0.